The maximum Gasteiger partial charge on any atom is 0.270 e. The van der Waals surface area contributed by atoms with Crippen molar-refractivity contribution in [1.82, 2.24) is 20.0 Å². The second kappa shape index (κ2) is 6.88. The average molecular weight is 352 g/mol. The van der Waals surface area contributed by atoms with E-state index in [0.29, 0.717) is 23.4 Å². The van der Waals surface area contributed by atoms with Gasteiger partial charge in [-0.3, -0.25) is 9.48 Å². The lowest BCUT2D eigenvalue weighted by Gasteiger charge is -2.24. The lowest BCUT2D eigenvalue weighted by Crippen LogP contribution is -2.35. The summed E-state index contributed by atoms with van der Waals surface area (Å²) in [7, 11) is 1.81. The molecule has 0 radical (unpaired) electrons. The van der Waals surface area contributed by atoms with Crippen molar-refractivity contribution in [3.63, 3.8) is 0 Å². The highest BCUT2D eigenvalue weighted by Gasteiger charge is 2.46. The molecule has 1 saturated heterocycles. The zero-order chi connectivity index (χ0) is 18.3. The second-order valence-corrected chi connectivity index (χ2v) is 7.92. The molecule has 5 heteroatoms. The Labute approximate surface area is 155 Å². The van der Waals surface area contributed by atoms with Gasteiger partial charge in [-0.2, -0.15) is 5.10 Å². The Morgan fingerprint density at radius 1 is 1.27 bits per heavy atom. The van der Waals surface area contributed by atoms with Gasteiger partial charge < -0.3 is 10.2 Å². The number of nitrogens with one attached hydrogen (secondary N) is 1. The number of amides is 1. The smallest absolute Gasteiger partial charge is 0.270 e. The van der Waals surface area contributed by atoms with Crippen LogP contribution in [0.2, 0.25) is 0 Å². The Morgan fingerprint density at radius 2 is 2.04 bits per heavy atom. The normalized spacial score (nSPS) is 25.7. The van der Waals surface area contributed by atoms with Gasteiger partial charge in [0.05, 0.1) is 6.04 Å². The third-order valence-electron chi connectivity index (χ3n) is 6.21. The van der Waals surface area contributed by atoms with Crippen LogP contribution in [0.3, 0.4) is 0 Å². The fourth-order valence-corrected chi connectivity index (χ4v) is 4.66. The molecule has 1 aromatic heterocycles. The fraction of sp³-hybridized carbons (Fsp3) is 0.524. The Bertz CT molecular complexity index is 799. The molecule has 1 aromatic carbocycles. The van der Waals surface area contributed by atoms with E-state index in [1.54, 1.807) is 16.9 Å². The van der Waals surface area contributed by atoms with E-state index in [9.17, 15) is 4.79 Å². The first-order valence-corrected chi connectivity index (χ1v) is 9.68. The molecule has 1 fully saturated rings. The molecule has 1 unspecified atom stereocenters. The van der Waals surface area contributed by atoms with E-state index < -0.39 is 0 Å². The van der Waals surface area contributed by atoms with Crippen molar-refractivity contribution >= 4 is 5.91 Å². The molecular weight excluding hydrogens is 324 g/mol. The van der Waals surface area contributed by atoms with Crippen LogP contribution >= 0.6 is 0 Å². The minimum Gasteiger partial charge on any atom is -0.344 e. The number of fused-ring (bicyclic) bond motifs is 3. The predicted molar refractivity (Wildman–Crippen MR) is 102 cm³/mol. The molecule has 26 heavy (non-hydrogen) atoms. The molecule has 2 heterocycles. The van der Waals surface area contributed by atoms with E-state index in [0.717, 1.165) is 19.6 Å². The summed E-state index contributed by atoms with van der Waals surface area (Å²) in [6.07, 6.45) is 2.88. The zero-order valence-electron chi connectivity index (χ0n) is 15.9. The summed E-state index contributed by atoms with van der Waals surface area (Å²) in [5, 5.41) is 7.44. The van der Waals surface area contributed by atoms with E-state index in [4.69, 9.17) is 0 Å². The van der Waals surface area contributed by atoms with Gasteiger partial charge in [0.25, 0.3) is 5.91 Å². The largest absolute Gasteiger partial charge is 0.344 e. The average Bonchev–Trinajstić information content (AvgIpc) is 3.31. The number of nitrogens with zero attached hydrogens (tertiary/aromatic N) is 3. The van der Waals surface area contributed by atoms with Crippen LogP contribution in [0.15, 0.2) is 36.5 Å². The number of hydrogen-bond donors (Lipinski definition) is 1. The summed E-state index contributed by atoms with van der Waals surface area (Å²) in [6.45, 7) is 7.88. The van der Waals surface area contributed by atoms with Crippen LogP contribution in [-0.2, 0) is 7.05 Å². The number of hydrogen-bond acceptors (Lipinski definition) is 3. The zero-order valence-corrected chi connectivity index (χ0v) is 15.9. The Morgan fingerprint density at radius 3 is 2.73 bits per heavy atom. The minimum atomic E-state index is -0.0363. The topological polar surface area (TPSA) is 50.2 Å². The van der Waals surface area contributed by atoms with Crippen molar-refractivity contribution in [2.24, 2.45) is 18.9 Å². The van der Waals surface area contributed by atoms with Gasteiger partial charge in [0, 0.05) is 44.7 Å². The fourth-order valence-electron chi connectivity index (χ4n) is 4.66. The number of carbonyl (C=O) groups excluding carboxylic acids is 1. The highest BCUT2D eigenvalue weighted by Crippen LogP contribution is 2.49. The summed E-state index contributed by atoms with van der Waals surface area (Å²) >= 11 is 0. The quantitative estimate of drug-likeness (QED) is 0.900. The molecule has 0 saturated carbocycles. The molecule has 2 aliphatic rings. The number of carbonyl (C=O) groups is 1. The van der Waals surface area contributed by atoms with Crippen molar-refractivity contribution in [1.29, 1.82) is 0 Å². The van der Waals surface area contributed by atoms with Gasteiger partial charge in [0.1, 0.15) is 5.69 Å². The summed E-state index contributed by atoms with van der Waals surface area (Å²) in [6, 6.07) is 10.5. The molecule has 4 rings (SSSR count). The summed E-state index contributed by atoms with van der Waals surface area (Å²) in [4.78, 5) is 15.4. The van der Waals surface area contributed by atoms with Crippen LogP contribution in [-0.4, -0.2) is 40.2 Å². The third kappa shape index (κ3) is 2.94. The van der Waals surface area contributed by atoms with Crippen LogP contribution in [0, 0.1) is 11.8 Å². The molecule has 0 spiro atoms. The van der Waals surface area contributed by atoms with E-state index in [1.165, 1.54) is 17.5 Å². The van der Waals surface area contributed by atoms with E-state index >= 15 is 0 Å². The Balaban J connectivity index is 1.57. The van der Waals surface area contributed by atoms with Crippen LogP contribution in [0.25, 0.3) is 0 Å². The van der Waals surface area contributed by atoms with Gasteiger partial charge >= 0.3 is 0 Å². The van der Waals surface area contributed by atoms with E-state index in [1.807, 2.05) is 7.05 Å². The lowest BCUT2D eigenvalue weighted by atomic mass is 9.94. The molecule has 4 atom stereocenters. The molecule has 138 valence electrons. The van der Waals surface area contributed by atoms with Gasteiger partial charge in [0.15, 0.2) is 0 Å². The highest BCUT2D eigenvalue weighted by molar-refractivity contribution is 5.92. The van der Waals surface area contributed by atoms with Crippen LogP contribution in [0.1, 0.15) is 53.8 Å². The number of likely N-dealkylation sites (tertiary alicyclic amines) is 1. The molecule has 1 N–H and O–H groups in total. The number of rotatable bonds is 5. The van der Waals surface area contributed by atoms with Crippen molar-refractivity contribution in [3.8, 4) is 0 Å². The molecule has 1 aliphatic heterocycles. The molecule has 1 amide bonds. The van der Waals surface area contributed by atoms with Crippen LogP contribution in [0.5, 0.6) is 0 Å². The minimum absolute atomic E-state index is 0.0363. The first-order valence-electron chi connectivity index (χ1n) is 9.68. The first-order chi connectivity index (χ1) is 12.6. The van der Waals surface area contributed by atoms with E-state index in [2.05, 4.69) is 53.4 Å². The molecular formula is C21H28N4O. The van der Waals surface area contributed by atoms with Crippen LogP contribution in [0.4, 0.5) is 0 Å². The van der Waals surface area contributed by atoms with Crippen LogP contribution < -0.4 is 5.32 Å². The standard InChI is InChI=1S/C21H28N4O/c1-4-14(2)11-25-12-17-15-7-5-6-8-16(15)20(18(17)13-25)23-21(26)19-9-10-22-24(19)3/h5-10,14,17-18,20H,4,11-13H2,1-3H3,(H,23,26)/t14?,17-,18-,20+/m0/s1. The summed E-state index contributed by atoms with van der Waals surface area (Å²) in [5.74, 6) is 1.65. The highest BCUT2D eigenvalue weighted by atomic mass is 16.2. The molecule has 1 aliphatic carbocycles. The van der Waals surface area contributed by atoms with Gasteiger partial charge in [-0.05, 0) is 23.1 Å². The summed E-state index contributed by atoms with van der Waals surface area (Å²) < 4.78 is 1.64. The van der Waals surface area contributed by atoms with Crippen molar-refractivity contribution in [2.75, 3.05) is 19.6 Å². The van der Waals surface area contributed by atoms with Crippen molar-refractivity contribution in [3.05, 3.63) is 53.3 Å². The van der Waals surface area contributed by atoms with Gasteiger partial charge in [-0.15, -0.1) is 0 Å². The van der Waals surface area contributed by atoms with Gasteiger partial charge in [-0.1, -0.05) is 44.5 Å². The van der Waals surface area contributed by atoms with Gasteiger partial charge in [-0.25, -0.2) is 0 Å². The van der Waals surface area contributed by atoms with Crippen molar-refractivity contribution in [2.45, 2.75) is 32.2 Å². The number of benzene rings is 1. The Hall–Kier alpha value is -2.14. The van der Waals surface area contributed by atoms with Gasteiger partial charge in [0.2, 0.25) is 0 Å². The predicted octanol–water partition coefficient (Wildman–Crippen LogP) is 2.97. The van der Waals surface area contributed by atoms with E-state index in [-0.39, 0.29) is 11.9 Å². The first kappa shape index (κ1) is 17.3. The van der Waals surface area contributed by atoms with Crippen molar-refractivity contribution < 1.29 is 4.79 Å². The maximum atomic E-state index is 12.8. The summed E-state index contributed by atoms with van der Waals surface area (Å²) in [5.41, 5.74) is 3.32. The lowest BCUT2D eigenvalue weighted by molar-refractivity contribution is 0.0914. The molecule has 5 nitrogen and oxygen atoms in total. The SMILES string of the molecule is CCC(C)CN1C[C@@H]2[C@H](NC(=O)c3ccnn3C)c3ccccc3[C@@H]2C1. The third-order valence-corrected chi connectivity index (χ3v) is 6.21. The number of aryl methyl sites for hydroxylation is 1. The molecule has 2 aromatic rings. The molecule has 0 bridgehead atoms. The number of aromatic nitrogens is 2. The second-order valence-electron chi connectivity index (χ2n) is 7.92. The monoisotopic (exact) mass is 352 g/mol. The maximum absolute atomic E-state index is 12.8. The Kier molecular flexibility index (Phi) is 4.57.